The molecule has 36 heavy (non-hydrogen) atoms. The van der Waals surface area contributed by atoms with Gasteiger partial charge in [-0.05, 0) is 43.2 Å². The quantitative estimate of drug-likeness (QED) is 0.533. The summed E-state index contributed by atoms with van der Waals surface area (Å²) in [6.07, 6.45) is 3.58. The molecule has 1 aromatic carbocycles. The normalized spacial score (nSPS) is 25.4. The highest BCUT2D eigenvalue weighted by Crippen LogP contribution is 2.40. The van der Waals surface area contributed by atoms with E-state index in [0.717, 1.165) is 37.7 Å². The first kappa shape index (κ1) is 23.0. The number of ether oxygens (including phenoxy) is 2. The number of piperidine rings is 1. The Labute approximate surface area is 205 Å². The van der Waals surface area contributed by atoms with E-state index in [0.29, 0.717) is 49.1 Å². The van der Waals surface area contributed by atoms with E-state index < -0.39 is 23.6 Å². The Morgan fingerprint density at radius 3 is 2.69 bits per heavy atom. The summed E-state index contributed by atoms with van der Waals surface area (Å²) in [6.45, 7) is 2.56. The van der Waals surface area contributed by atoms with Gasteiger partial charge in [0.1, 0.15) is 6.10 Å². The van der Waals surface area contributed by atoms with Gasteiger partial charge in [0, 0.05) is 43.9 Å². The topological polar surface area (TPSA) is 90.2 Å². The Morgan fingerprint density at radius 1 is 1.11 bits per heavy atom. The lowest BCUT2D eigenvalue weighted by atomic mass is 9.92. The van der Waals surface area contributed by atoms with Crippen LogP contribution in [0.3, 0.4) is 0 Å². The van der Waals surface area contributed by atoms with E-state index >= 15 is 0 Å². The van der Waals surface area contributed by atoms with Gasteiger partial charge in [-0.3, -0.25) is 0 Å². The number of hydrogen-bond donors (Lipinski definition) is 1. The Bertz CT molecular complexity index is 1260. The third-order valence-corrected chi connectivity index (χ3v) is 7.40. The van der Waals surface area contributed by atoms with Crippen LogP contribution < -0.4 is 15.0 Å². The molecule has 0 unspecified atom stereocenters. The van der Waals surface area contributed by atoms with E-state index in [4.69, 9.17) is 9.47 Å². The smallest absolute Gasteiger partial charge is 0.242 e. The summed E-state index contributed by atoms with van der Waals surface area (Å²) < 4.78 is 54.8. The second kappa shape index (κ2) is 9.23. The second-order valence-electron chi connectivity index (χ2n) is 9.51. The lowest BCUT2D eigenvalue weighted by Gasteiger charge is -2.39. The standard InChI is InChI=1S/C24H26F3N7O2/c1-35-18-9-15(10-28-31-18)33-11-13-3-4-14(12-33)21(13)29-24-30-23-22(36-8-2-7-34(23)32-24)16-5-6-17(25)20(27)19(16)26/h5-6,9-10,13-14,21-22H,2-4,7-8,11-12H2,1H3,(H,29,32)/t13-,14+,21-,22-/m1/s1. The summed E-state index contributed by atoms with van der Waals surface area (Å²) in [5.74, 6) is -1.97. The highest BCUT2D eigenvalue weighted by molar-refractivity contribution is 5.48. The Morgan fingerprint density at radius 2 is 1.92 bits per heavy atom. The molecular weight excluding hydrogens is 475 g/mol. The van der Waals surface area contributed by atoms with Crippen molar-refractivity contribution in [1.82, 2.24) is 25.0 Å². The molecule has 2 aliphatic heterocycles. The van der Waals surface area contributed by atoms with Crippen LogP contribution in [0.2, 0.25) is 0 Å². The maximum Gasteiger partial charge on any atom is 0.242 e. The molecule has 12 heteroatoms. The van der Waals surface area contributed by atoms with Crippen LogP contribution in [0.5, 0.6) is 5.88 Å². The molecule has 1 saturated carbocycles. The zero-order valence-corrected chi connectivity index (χ0v) is 19.7. The van der Waals surface area contributed by atoms with Crippen molar-refractivity contribution in [2.24, 2.45) is 11.8 Å². The summed E-state index contributed by atoms with van der Waals surface area (Å²) in [5, 5.41) is 16.1. The van der Waals surface area contributed by atoms with Crippen LogP contribution >= 0.6 is 0 Å². The van der Waals surface area contributed by atoms with Crippen LogP contribution in [-0.2, 0) is 11.3 Å². The fourth-order valence-corrected chi connectivity index (χ4v) is 5.66. The molecule has 2 bridgehead atoms. The van der Waals surface area contributed by atoms with Crippen molar-refractivity contribution >= 4 is 11.6 Å². The molecule has 3 aliphatic rings. The first-order valence-electron chi connectivity index (χ1n) is 12.1. The molecule has 4 heterocycles. The molecule has 0 spiro atoms. The first-order valence-corrected chi connectivity index (χ1v) is 12.1. The summed E-state index contributed by atoms with van der Waals surface area (Å²) in [6, 6.07) is 4.19. The summed E-state index contributed by atoms with van der Waals surface area (Å²) in [4.78, 5) is 6.95. The molecule has 0 amide bonds. The van der Waals surface area contributed by atoms with Gasteiger partial charge in [0.2, 0.25) is 11.8 Å². The number of benzene rings is 1. The number of anilines is 2. The van der Waals surface area contributed by atoms with Gasteiger partial charge in [-0.15, -0.1) is 10.2 Å². The fourth-order valence-electron chi connectivity index (χ4n) is 5.66. The van der Waals surface area contributed by atoms with Gasteiger partial charge in [-0.25, -0.2) is 17.9 Å². The summed E-state index contributed by atoms with van der Waals surface area (Å²) >= 11 is 0. The average molecular weight is 502 g/mol. The van der Waals surface area contributed by atoms with E-state index in [9.17, 15) is 13.2 Å². The van der Waals surface area contributed by atoms with E-state index in [2.05, 4.69) is 30.5 Å². The molecule has 4 atom stereocenters. The lowest BCUT2D eigenvalue weighted by Crippen LogP contribution is -2.48. The SMILES string of the molecule is COc1cc(N2C[C@H]3CC[C@@H](C2)[C@@H]3Nc2nc3n(n2)CCCO[C@@H]3c2ccc(F)c(F)c2F)cnn1. The number of fused-ring (bicyclic) bond motifs is 3. The zero-order valence-electron chi connectivity index (χ0n) is 19.7. The van der Waals surface area contributed by atoms with E-state index in [1.54, 1.807) is 18.0 Å². The molecule has 3 aromatic rings. The molecule has 9 nitrogen and oxygen atoms in total. The Kier molecular flexibility index (Phi) is 5.90. The van der Waals surface area contributed by atoms with Crippen LogP contribution in [0, 0.1) is 29.3 Å². The van der Waals surface area contributed by atoms with E-state index in [-0.39, 0.29) is 11.6 Å². The van der Waals surface area contributed by atoms with Gasteiger partial charge in [-0.1, -0.05) is 0 Å². The molecule has 190 valence electrons. The third kappa shape index (κ3) is 4.02. The minimum atomic E-state index is -1.52. The number of nitrogens with one attached hydrogen (secondary N) is 1. The first-order chi connectivity index (χ1) is 17.5. The minimum Gasteiger partial charge on any atom is -0.480 e. The lowest BCUT2D eigenvalue weighted by molar-refractivity contribution is 0.0780. The summed E-state index contributed by atoms with van der Waals surface area (Å²) in [5.41, 5.74) is 0.892. The van der Waals surface area contributed by atoms with Gasteiger partial charge in [0.05, 0.1) is 19.0 Å². The van der Waals surface area contributed by atoms with Crippen LogP contribution in [0.1, 0.15) is 36.8 Å². The van der Waals surface area contributed by atoms with Gasteiger partial charge < -0.3 is 19.7 Å². The second-order valence-corrected chi connectivity index (χ2v) is 9.51. The predicted molar refractivity (Wildman–Crippen MR) is 123 cm³/mol. The molecular formula is C24H26F3N7O2. The summed E-state index contributed by atoms with van der Waals surface area (Å²) in [7, 11) is 1.57. The van der Waals surface area contributed by atoms with Crippen molar-refractivity contribution in [3.8, 4) is 5.88 Å². The van der Waals surface area contributed by atoms with Gasteiger partial charge >= 0.3 is 0 Å². The zero-order chi connectivity index (χ0) is 24.8. The number of hydrogen-bond acceptors (Lipinski definition) is 8. The highest BCUT2D eigenvalue weighted by Gasteiger charge is 2.43. The Balaban J connectivity index is 1.23. The minimum absolute atomic E-state index is 0.0919. The number of halogens is 3. The van der Waals surface area contributed by atoms with Gasteiger partial charge in [-0.2, -0.15) is 10.1 Å². The van der Waals surface area contributed by atoms with Crippen LogP contribution in [0.15, 0.2) is 24.4 Å². The third-order valence-electron chi connectivity index (χ3n) is 7.40. The molecule has 1 N–H and O–H groups in total. The van der Waals surface area contributed by atoms with E-state index in [1.807, 2.05) is 6.07 Å². The number of aromatic nitrogens is 5. The molecule has 2 fully saturated rings. The maximum absolute atomic E-state index is 14.6. The monoisotopic (exact) mass is 501 g/mol. The number of nitrogens with zero attached hydrogens (tertiary/aromatic N) is 6. The van der Waals surface area contributed by atoms with Crippen molar-refractivity contribution in [2.75, 3.05) is 37.0 Å². The van der Waals surface area contributed by atoms with Crippen molar-refractivity contribution < 1.29 is 22.6 Å². The number of aryl methyl sites for hydroxylation is 1. The maximum atomic E-state index is 14.6. The number of methoxy groups -OCH3 is 1. The van der Waals surface area contributed by atoms with Crippen LogP contribution in [0.25, 0.3) is 0 Å². The predicted octanol–water partition coefficient (Wildman–Crippen LogP) is 3.33. The largest absolute Gasteiger partial charge is 0.480 e. The molecule has 6 rings (SSSR count). The van der Waals surface area contributed by atoms with Gasteiger partial charge in [0.15, 0.2) is 23.3 Å². The Hall–Kier alpha value is -3.41. The van der Waals surface area contributed by atoms with Gasteiger partial charge in [0.25, 0.3) is 0 Å². The molecule has 0 radical (unpaired) electrons. The van der Waals surface area contributed by atoms with Crippen molar-refractivity contribution in [1.29, 1.82) is 0 Å². The van der Waals surface area contributed by atoms with Crippen LogP contribution in [-0.4, -0.2) is 57.8 Å². The number of rotatable bonds is 5. The van der Waals surface area contributed by atoms with Crippen molar-refractivity contribution in [3.63, 3.8) is 0 Å². The van der Waals surface area contributed by atoms with Crippen molar-refractivity contribution in [3.05, 3.63) is 53.2 Å². The van der Waals surface area contributed by atoms with Crippen molar-refractivity contribution in [2.45, 2.75) is 38.0 Å². The fraction of sp³-hybridized carbons (Fsp3) is 0.500. The van der Waals surface area contributed by atoms with Crippen LogP contribution in [0.4, 0.5) is 24.8 Å². The molecule has 2 aromatic heterocycles. The average Bonchev–Trinajstić information content (AvgIpc) is 3.30. The molecule has 1 aliphatic carbocycles. The van der Waals surface area contributed by atoms with E-state index in [1.165, 1.54) is 6.07 Å². The molecule has 1 saturated heterocycles. The highest BCUT2D eigenvalue weighted by atomic mass is 19.2.